The molecule has 0 spiro atoms. The molecule has 1 heterocycles. The van der Waals surface area contributed by atoms with E-state index in [1.54, 1.807) is 6.07 Å². The second kappa shape index (κ2) is 8.85. The molecule has 0 aliphatic heterocycles. The quantitative estimate of drug-likeness (QED) is 0.649. The molecule has 3 rings (SSSR count). The summed E-state index contributed by atoms with van der Waals surface area (Å²) in [6.45, 7) is 2.41. The molecule has 0 saturated carbocycles. The Morgan fingerprint density at radius 1 is 1.04 bits per heavy atom. The van der Waals surface area contributed by atoms with Crippen LogP contribution in [0.2, 0.25) is 0 Å². The van der Waals surface area contributed by atoms with Crippen LogP contribution in [0.25, 0.3) is 0 Å². The molecule has 7 heteroatoms. The van der Waals surface area contributed by atoms with E-state index in [2.05, 4.69) is 20.6 Å². The van der Waals surface area contributed by atoms with Gasteiger partial charge in [-0.15, -0.1) is 0 Å². The topological polar surface area (TPSA) is 79.4 Å². The number of hydrogen-bond donors (Lipinski definition) is 2. The van der Waals surface area contributed by atoms with Crippen LogP contribution >= 0.6 is 0 Å². The van der Waals surface area contributed by atoms with Gasteiger partial charge in [-0.3, -0.25) is 4.79 Å². The van der Waals surface area contributed by atoms with E-state index in [9.17, 15) is 4.79 Å². The minimum Gasteiger partial charge on any atom is -0.492 e. The molecule has 0 aliphatic rings. The number of nitrogens with one attached hydrogen (secondary N) is 2. The number of nitrogens with zero attached hydrogens (tertiary/aromatic N) is 3. The fraction of sp³-hybridized carbons (Fsp3) is 0.190. The third kappa shape index (κ3) is 4.76. The Hall–Kier alpha value is -3.61. The number of benzene rings is 2. The van der Waals surface area contributed by atoms with Gasteiger partial charge in [0, 0.05) is 37.9 Å². The van der Waals surface area contributed by atoms with Gasteiger partial charge in [0.05, 0.1) is 17.9 Å². The van der Waals surface area contributed by atoms with E-state index >= 15 is 0 Å². The number of para-hydroxylation sites is 2. The molecule has 3 aromatic rings. The number of carbonyl (C=O) groups excluding carboxylic acids is 1. The predicted octanol–water partition coefficient (Wildman–Crippen LogP) is 3.94. The summed E-state index contributed by atoms with van der Waals surface area (Å²) >= 11 is 0. The monoisotopic (exact) mass is 377 g/mol. The maximum absolute atomic E-state index is 12.5. The van der Waals surface area contributed by atoms with E-state index in [-0.39, 0.29) is 5.91 Å². The second-order valence-electron chi connectivity index (χ2n) is 6.24. The van der Waals surface area contributed by atoms with Crippen molar-refractivity contribution >= 4 is 28.9 Å². The van der Waals surface area contributed by atoms with Crippen LogP contribution < -0.4 is 20.3 Å². The number of amides is 1. The molecule has 0 unspecified atom stereocenters. The lowest BCUT2D eigenvalue weighted by Crippen LogP contribution is -2.14. The van der Waals surface area contributed by atoms with Crippen LogP contribution in [-0.4, -0.2) is 36.6 Å². The van der Waals surface area contributed by atoms with Crippen LogP contribution in [0.5, 0.6) is 5.75 Å². The van der Waals surface area contributed by atoms with Gasteiger partial charge in [-0.2, -0.15) is 0 Å². The van der Waals surface area contributed by atoms with Crippen LogP contribution in [-0.2, 0) is 0 Å². The molecule has 0 aliphatic carbocycles. The third-order valence-corrected chi connectivity index (χ3v) is 3.99. The predicted molar refractivity (Wildman–Crippen MR) is 112 cm³/mol. The molecule has 7 nitrogen and oxygen atoms in total. The number of anilines is 4. The van der Waals surface area contributed by atoms with Crippen molar-refractivity contribution in [2.45, 2.75) is 6.92 Å². The summed E-state index contributed by atoms with van der Waals surface area (Å²) in [5.41, 5.74) is 2.94. The third-order valence-electron chi connectivity index (χ3n) is 3.99. The second-order valence-corrected chi connectivity index (χ2v) is 6.24. The lowest BCUT2D eigenvalue weighted by Gasteiger charge is -2.13. The smallest absolute Gasteiger partial charge is 0.258 e. The van der Waals surface area contributed by atoms with Crippen molar-refractivity contribution in [3.8, 4) is 5.75 Å². The summed E-state index contributed by atoms with van der Waals surface area (Å²) in [4.78, 5) is 23.0. The molecular weight excluding hydrogens is 354 g/mol. The van der Waals surface area contributed by atoms with Crippen LogP contribution in [0.4, 0.5) is 23.0 Å². The van der Waals surface area contributed by atoms with Crippen LogP contribution in [0.1, 0.15) is 17.3 Å². The van der Waals surface area contributed by atoms with Crippen molar-refractivity contribution in [1.82, 2.24) is 9.97 Å². The number of carbonyl (C=O) groups is 1. The first kappa shape index (κ1) is 19.2. The van der Waals surface area contributed by atoms with Gasteiger partial charge < -0.3 is 20.3 Å². The summed E-state index contributed by atoms with van der Waals surface area (Å²) in [5, 5.41) is 5.95. The van der Waals surface area contributed by atoms with Crippen molar-refractivity contribution in [2.75, 3.05) is 36.2 Å². The SMILES string of the molecule is CCOc1ccccc1NC(=O)c1cnc(Nc2ccc(N(C)C)cc2)nc1. The summed E-state index contributed by atoms with van der Waals surface area (Å²) in [6.07, 6.45) is 2.98. The molecule has 0 fully saturated rings. The maximum Gasteiger partial charge on any atom is 0.258 e. The van der Waals surface area contributed by atoms with Crippen LogP contribution in [0, 0.1) is 0 Å². The van der Waals surface area contributed by atoms with Gasteiger partial charge in [-0.05, 0) is 43.3 Å². The highest BCUT2D eigenvalue weighted by atomic mass is 16.5. The Balaban J connectivity index is 1.66. The van der Waals surface area contributed by atoms with Gasteiger partial charge in [0.25, 0.3) is 5.91 Å². The summed E-state index contributed by atoms with van der Waals surface area (Å²) in [7, 11) is 3.98. The zero-order chi connectivity index (χ0) is 19.9. The lowest BCUT2D eigenvalue weighted by molar-refractivity contribution is 0.102. The molecule has 0 saturated heterocycles. The Morgan fingerprint density at radius 2 is 1.71 bits per heavy atom. The molecule has 2 N–H and O–H groups in total. The minimum absolute atomic E-state index is 0.297. The Kier molecular flexibility index (Phi) is 6.06. The first-order valence-electron chi connectivity index (χ1n) is 8.96. The molecule has 144 valence electrons. The molecule has 0 radical (unpaired) electrons. The summed E-state index contributed by atoms with van der Waals surface area (Å²) in [6, 6.07) is 15.2. The van der Waals surface area contributed by atoms with E-state index in [4.69, 9.17) is 4.74 Å². The fourth-order valence-electron chi connectivity index (χ4n) is 2.53. The fourth-order valence-corrected chi connectivity index (χ4v) is 2.53. The van der Waals surface area contributed by atoms with E-state index in [0.717, 1.165) is 11.4 Å². The number of rotatable bonds is 7. The van der Waals surface area contributed by atoms with Crippen molar-refractivity contribution in [2.24, 2.45) is 0 Å². The Morgan fingerprint density at radius 3 is 2.36 bits per heavy atom. The highest BCUT2D eigenvalue weighted by molar-refractivity contribution is 6.04. The van der Waals surface area contributed by atoms with Gasteiger partial charge >= 0.3 is 0 Å². The maximum atomic E-state index is 12.5. The Bertz CT molecular complexity index is 924. The van der Waals surface area contributed by atoms with E-state index < -0.39 is 0 Å². The average Bonchev–Trinajstić information content (AvgIpc) is 2.70. The molecule has 0 atom stereocenters. The van der Waals surface area contributed by atoms with Crippen molar-refractivity contribution in [3.63, 3.8) is 0 Å². The first-order valence-corrected chi connectivity index (χ1v) is 8.96. The van der Waals surface area contributed by atoms with Crippen molar-refractivity contribution in [1.29, 1.82) is 0 Å². The van der Waals surface area contributed by atoms with Crippen LogP contribution in [0.3, 0.4) is 0 Å². The highest BCUT2D eigenvalue weighted by Gasteiger charge is 2.11. The van der Waals surface area contributed by atoms with E-state index in [0.29, 0.717) is 29.6 Å². The largest absolute Gasteiger partial charge is 0.492 e. The lowest BCUT2D eigenvalue weighted by atomic mass is 10.2. The standard InChI is InChI=1S/C21H23N5O2/c1-4-28-19-8-6-5-7-18(19)25-20(27)15-13-22-21(23-14-15)24-16-9-11-17(12-10-16)26(2)3/h5-14H,4H2,1-3H3,(H,25,27)(H,22,23,24). The number of ether oxygens (including phenoxy) is 1. The normalized spacial score (nSPS) is 10.2. The zero-order valence-electron chi connectivity index (χ0n) is 16.1. The van der Waals surface area contributed by atoms with Crippen molar-refractivity contribution < 1.29 is 9.53 Å². The van der Waals surface area contributed by atoms with Crippen LogP contribution in [0.15, 0.2) is 60.9 Å². The van der Waals surface area contributed by atoms with E-state index in [1.807, 2.05) is 68.4 Å². The van der Waals surface area contributed by atoms with Gasteiger partial charge in [0.15, 0.2) is 0 Å². The van der Waals surface area contributed by atoms with Gasteiger partial charge in [-0.25, -0.2) is 9.97 Å². The average molecular weight is 377 g/mol. The zero-order valence-corrected chi connectivity index (χ0v) is 16.1. The summed E-state index contributed by atoms with van der Waals surface area (Å²) < 4.78 is 5.52. The highest BCUT2D eigenvalue weighted by Crippen LogP contribution is 2.24. The molecular formula is C21H23N5O2. The molecule has 2 aromatic carbocycles. The molecule has 0 bridgehead atoms. The van der Waals surface area contributed by atoms with Crippen molar-refractivity contribution in [3.05, 3.63) is 66.5 Å². The van der Waals surface area contributed by atoms with Gasteiger partial charge in [0.1, 0.15) is 5.75 Å². The number of hydrogen-bond acceptors (Lipinski definition) is 6. The van der Waals surface area contributed by atoms with Gasteiger partial charge in [-0.1, -0.05) is 12.1 Å². The first-order chi connectivity index (χ1) is 13.6. The minimum atomic E-state index is -0.297. The Labute approximate surface area is 164 Å². The van der Waals surface area contributed by atoms with Gasteiger partial charge in [0.2, 0.25) is 5.95 Å². The van der Waals surface area contributed by atoms with E-state index in [1.165, 1.54) is 12.4 Å². The molecule has 28 heavy (non-hydrogen) atoms. The summed E-state index contributed by atoms with van der Waals surface area (Å²) in [5.74, 6) is 0.747. The molecule has 1 amide bonds. The molecule has 1 aromatic heterocycles. The number of aromatic nitrogens is 2.